The molecule has 0 aliphatic heterocycles. The number of nitrogens with zero attached hydrogens (tertiary/aromatic N) is 3. The van der Waals surface area contributed by atoms with Gasteiger partial charge in [-0.15, -0.1) is 0 Å². The van der Waals surface area contributed by atoms with Gasteiger partial charge in [-0.25, -0.2) is 0 Å². The molecule has 0 spiro atoms. The minimum absolute atomic E-state index is 0.502. The van der Waals surface area contributed by atoms with Crippen molar-refractivity contribution in [3.8, 4) is 16.2 Å². The summed E-state index contributed by atoms with van der Waals surface area (Å²) in [6.07, 6.45) is 8.57. The minimum Gasteiger partial charge on any atom is -0.184 e. The Balaban J connectivity index is 2.21. The van der Waals surface area contributed by atoms with E-state index in [-0.39, 0.29) is 0 Å². The second-order valence-electron chi connectivity index (χ2n) is 4.05. The number of benzene rings is 1. The Morgan fingerprint density at radius 3 is 2.10 bits per heavy atom. The van der Waals surface area contributed by atoms with Gasteiger partial charge in [-0.1, -0.05) is 30.0 Å². The van der Waals surface area contributed by atoms with Crippen LogP contribution >= 0.6 is 21.8 Å². The molecule has 1 aromatic carbocycles. The third kappa shape index (κ3) is 2.89. The van der Waals surface area contributed by atoms with Gasteiger partial charge in [-0.2, -0.15) is 15.8 Å². The average molecular weight is 297 g/mol. The molecule has 5 heteroatoms. The molecule has 0 radical (unpaired) electrons. The number of nitriles is 3. The van der Waals surface area contributed by atoms with Crippen molar-refractivity contribution in [2.45, 2.75) is 22.6 Å². The number of hydrogen-bond donors (Lipinski definition) is 0. The van der Waals surface area contributed by atoms with Crippen molar-refractivity contribution in [1.82, 2.24) is 0 Å². The highest BCUT2D eigenvalue weighted by Gasteiger charge is 2.26. The third-order valence-corrected chi connectivity index (χ3v) is 5.63. The maximum absolute atomic E-state index is 9.08. The van der Waals surface area contributed by atoms with Gasteiger partial charge in [-0.05, 0) is 37.1 Å². The first-order valence-electron chi connectivity index (χ1n) is 5.94. The highest BCUT2D eigenvalue weighted by Crippen LogP contribution is 2.53. The van der Waals surface area contributed by atoms with Crippen LogP contribution in [0.1, 0.15) is 12.8 Å². The van der Waals surface area contributed by atoms with Crippen LogP contribution in [0.15, 0.2) is 57.2 Å². The van der Waals surface area contributed by atoms with Crippen molar-refractivity contribution in [3.05, 3.63) is 47.4 Å². The lowest BCUT2D eigenvalue weighted by Gasteiger charge is -2.14. The van der Waals surface area contributed by atoms with Gasteiger partial charge in [0.1, 0.15) is 16.2 Å². The van der Waals surface area contributed by atoms with E-state index in [0.717, 1.165) is 17.7 Å². The lowest BCUT2D eigenvalue weighted by Crippen LogP contribution is -1.91. The molecule has 0 unspecified atom stereocenters. The molecule has 1 aliphatic rings. The second kappa shape index (κ2) is 6.35. The minimum atomic E-state index is -2.66. The van der Waals surface area contributed by atoms with Crippen LogP contribution in [0.3, 0.4) is 0 Å². The molecule has 1 aliphatic carbocycles. The number of rotatable bonds is 3. The molecule has 0 N–H and O–H groups in total. The Morgan fingerprint density at radius 2 is 1.60 bits per heavy atom. The molecule has 0 saturated carbocycles. The van der Waals surface area contributed by atoms with Gasteiger partial charge in [-0.3, -0.25) is 0 Å². The Hall–Kier alpha value is -2.13. The molecule has 0 saturated heterocycles. The first-order valence-corrected chi connectivity index (χ1v) is 8.39. The summed E-state index contributed by atoms with van der Waals surface area (Å²) in [5.41, 5.74) is 0. The average Bonchev–Trinajstić information content (AvgIpc) is 2.52. The van der Waals surface area contributed by atoms with Crippen molar-refractivity contribution in [2.24, 2.45) is 0 Å². The van der Waals surface area contributed by atoms with E-state index in [9.17, 15) is 0 Å². The van der Waals surface area contributed by atoms with Crippen LogP contribution in [0.2, 0.25) is 0 Å². The molecule has 98 valence electrons. The zero-order valence-electron chi connectivity index (χ0n) is 10.6. The van der Waals surface area contributed by atoms with E-state index in [1.54, 1.807) is 23.9 Å². The van der Waals surface area contributed by atoms with Crippen LogP contribution in [-0.4, -0.2) is 0 Å². The molecule has 0 heterocycles. The normalized spacial score (nSPS) is 14.6. The van der Waals surface area contributed by atoms with Gasteiger partial charge in [0.2, 0.25) is 0 Å². The Bertz CT molecular complexity index is 646. The fourth-order valence-electron chi connectivity index (χ4n) is 1.73. The number of thiocyanates is 3. The SMILES string of the molecule is N#CS(C#N)(C#N)c1ccc(SC2=CCCC=C2)cc1. The number of thioether (sulfide) groups is 1. The van der Waals surface area contributed by atoms with Gasteiger partial charge >= 0.3 is 0 Å². The molecule has 0 atom stereocenters. The van der Waals surface area contributed by atoms with Gasteiger partial charge in [0.05, 0.1) is 10.0 Å². The molecule has 0 fully saturated rings. The Labute approximate surface area is 124 Å². The molecule has 0 amide bonds. The van der Waals surface area contributed by atoms with Crippen molar-refractivity contribution in [1.29, 1.82) is 15.8 Å². The first kappa shape index (κ1) is 14.3. The van der Waals surface area contributed by atoms with Gasteiger partial charge in [0, 0.05) is 14.7 Å². The fourth-order valence-corrected chi connectivity index (χ4v) is 3.63. The van der Waals surface area contributed by atoms with E-state index in [1.165, 1.54) is 4.91 Å². The van der Waals surface area contributed by atoms with E-state index in [2.05, 4.69) is 18.2 Å². The maximum Gasteiger partial charge on any atom is 0.145 e. The second-order valence-corrected chi connectivity index (χ2v) is 7.44. The quantitative estimate of drug-likeness (QED) is 0.763. The van der Waals surface area contributed by atoms with Crippen molar-refractivity contribution in [3.63, 3.8) is 0 Å². The summed E-state index contributed by atoms with van der Waals surface area (Å²) < 4.78 is 0. The molecular weight excluding hydrogens is 286 g/mol. The summed E-state index contributed by atoms with van der Waals surface area (Å²) >= 11 is 1.64. The van der Waals surface area contributed by atoms with Crippen LogP contribution in [0, 0.1) is 32.0 Å². The summed E-state index contributed by atoms with van der Waals surface area (Å²) in [6, 6.07) is 7.13. The summed E-state index contributed by atoms with van der Waals surface area (Å²) in [5.74, 6) is 0. The summed E-state index contributed by atoms with van der Waals surface area (Å²) in [5, 5.41) is 32.8. The standard InChI is InChI=1S/C15H11N3S2/c16-10-20(11-17,12-18)15-8-6-14(7-9-15)19-13-4-2-1-3-5-13/h2,4-9H,1,3H2. The summed E-state index contributed by atoms with van der Waals surface area (Å²) in [7, 11) is -2.66. The van der Waals surface area contributed by atoms with E-state index in [0.29, 0.717) is 4.90 Å². The van der Waals surface area contributed by atoms with Crippen LogP contribution in [0.5, 0.6) is 0 Å². The van der Waals surface area contributed by atoms with Crippen molar-refractivity contribution < 1.29 is 0 Å². The van der Waals surface area contributed by atoms with Crippen LogP contribution in [0.4, 0.5) is 0 Å². The molecule has 20 heavy (non-hydrogen) atoms. The zero-order valence-corrected chi connectivity index (χ0v) is 12.2. The van der Waals surface area contributed by atoms with Crippen LogP contribution in [-0.2, 0) is 0 Å². The zero-order chi connectivity index (χ0) is 14.4. The maximum atomic E-state index is 9.08. The van der Waals surface area contributed by atoms with E-state index >= 15 is 0 Å². The molecule has 0 aromatic heterocycles. The van der Waals surface area contributed by atoms with Gasteiger partial charge < -0.3 is 0 Å². The Morgan fingerprint density at radius 1 is 0.950 bits per heavy atom. The number of hydrogen-bond acceptors (Lipinski definition) is 4. The monoisotopic (exact) mass is 297 g/mol. The lowest BCUT2D eigenvalue weighted by atomic mass is 10.2. The van der Waals surface area contributed by atoms with Crippen molar-refractivity contribution >= 4 is 21.8 Å². The van der Waals surface area contributed by atoms with Gasteiger partial charge in [0.25, 0.3) is 0 Å². The van der Waals surface area contributed by atoms with Crippen LogP contribution in [0.25, 0.3) is 0 Å². The predicted octanol–water partition coefficient (Wildman–Crippen LogP) is 4.62. The molecule has 2 rings (SSSR count). The summed E-state index contributed by atoms with van der Waals surface area (Å²) in [6.45, 7) is 0. The molecular formula is C15H11N3S2. The Kier molecular flexibility index (Phi) is 4.53. The van der Waals surface area contributed by atoms with Crippen LogP contribution < -0.4 is 0 Å². The van der Waals surface area contributed by atoms with Gasteiger partial charge in [0.15, 0.2) is 0 Å². The highest BCUT2D eigenvalue weighted by atomic mass is 32.3. The molecule has 3 nitrogen and oxygen atoms in total. The smallest absolute Gasteiger partial charge is 0.145 e. The van der Waals surface area contributed by atoms with Crippen molar-refractivity contribution in [2.75, 3.05) is 0 Å². The highest BCUT2D eigenvalue weighted by molar-refractivity contribution is 8.44. The largest absolute Gasteiger partial charge is 0.184 e. The predicted molar refractivity (Wildman–Crippen MR) is 81.5 cm³/mol. The van der Waals surface area contributed by atoms with E-state index in [1.807, 2.05) is 28.3 Å². The topological polar surface area (TPSA) is 71.4 Å². The summed E-state index contributed by atoms with van der Waals surface area (Å²) in [4.78, 5) is 2.74. The fraction of sp³-hybridized carbons (Fsp3) is 0.133. The third-order valence-electron chi connectivity index (χ3n) is 2.78. The number of allylic oxidation sites excluding steroid dienone is 3. The van der Waals surface area contributed by atoms with E-state index < -0.39 is 10.0 Å². The molecule has 0 bridgehead atoms. The molecule has 1 aromatic rings. The lowest BCUT2D eigenvalue weighted by molar-refractivity contribution is 1.03. The van der Waals surface area contributed by atoms with E-state index in [4.69, 9.17) is 15.8 Å². The first-order chi connectivity index (χ1) is 9.74.